The van der Waals surface area contributed by atoms with Crippen molar-refractivity contribution in [1.82, 2.24) is 0 Å². The molecule has 13 heavy (non-hydrogen) atoms. The van der Waals surface area contributed by atoms with E-state index in [0.29, 0.717) is 5.75 Å². The predicted molar refractivity (Wildman–Crippen MR) is 50.8 cm³/mol. The summed E-state index contributed by atoms with van der Waals surface area (Å²) in [4.78, 5) is 21.3. The van der Waals surface area contributed by atoms with Crippen molar-refractivity contribution in [3.05, 3.63) is 0 Å². The first-order valence-corrected chi connectivity index (χ1v) is 4.93. The number of carboxylic acid groups (broad SMARTS) is 1. The smallest absolute Gasteiger partial charge is 0.315 e. The molecular formula is C8H14O4S. The molecule has 0 rings (SSSR count). The lowest BCUT2D eigenvalue weighted by Gasteiger charge is -2.17. The van der Waals surface area contributed by atoms with Crippen LogP contribution in [0.25, 0.3) is 0 Å². The van der Waals surface area contributed by atoms with E-state index in [4.69, 9.17) is 5.11 Å². The van der Waals surface area contributed by atoms with Gasteiger partial charge in [0, 0.05) is 5.75 Å². The number of carbonyl (C=O) groups excluding carboxylic acids is 1. The fourth-order valence-corrected chi connectivity index (χ4v) is 1.53. The largest absolute Gasteiger partial charge is 0.481 e. The van der Waals surface area contributed by atoms with Crippen molar-refractivity contribution < 1.29 is 19.4 Å². The van der Waals surface area contributed by atoms with E-state index < -0.39 is 11.4 Å². The van der Waals surface area contributed by atoms with Crippen molar-refractivity contribution in [2.75, 3.05) is 18.6 Å². The highest BCUT2D eigenvalue weighted by molar-refractivity contribution is 7.99. The Morgan fingerprint density at radius 3 is 2.38 bits per heavy atom. The molecule has 0 fully saturated rings. The summed E-state index contributed by atoms with van der Waals surface area (Å²) in [5, 5.41) is 8.73. The number of methoxy groups -OCH3 is 1. The van der Waals surface area contributed by atoms with Crippen molar-refractivity contribution >= 4 is 23.7 Å². The molecule has 0 aliphatic heterocycles. The van der Waals surface area contributed by atoms with Crippen molar-refractivity contribution in [3.63, 3.8) is 0 Å². The molecule has 0 saturated carbocycles. The second-order valence-corrected chi connectivity index (χ2v) is 4.24. The van der Waals surface area contributed by atoms with Crippen molar-refractivity contribution in [2.45, 2.75) is 13.8 Å². The maximum absolute atomic E-state index is 10.7. The van der Waals surface area contributed by atoms with Gasteiger partial charge in [-0.15, -0.1) is 11.8 Å². The van der Waals surface area contributed by atoms with Gasteiger partial charge < -0.3 is 9.84 Å². The predicted octanol–water partition coefficient (Wildman–Crippen LogP) is 1.00. The molecule has 1 N–H and O–H groups in total. The number of carbonyl (C=O) groups is 2. The van der Waals surface area contributed by atoms with Crippen LogP contribution in [0.15, 0.2) is 0 Å². The minimum atomic E-state index is -0.857. The first kappa shape index (κ1) is 12.3. The van der Waals surface area contributed by atoms with Crippen LogP contribution in [0.3, 0.4) is 0 Å². The second-order valence-electron chi connectivity index (χ2n) is 3.26. The highest BCUT2D eigenvalue weighted by Gasteiger charge is 2.27. The molecule has 0 aliphatic carbocycles. The Morgan fingerprint density at radius 2 is 2.00 bits per heavy atom. The maximum Gasteiger partial charge on any atom is 0.315 e. The number of thioether (sulfide) groups is 1. The zero-order valence-electron chi connectivity index (χ0n) is 7.99. The molecule has 0 aromatic carbocycles. The van der Waals surface area contributed by atoms with Crippen LogP contribution in [0.4, 0.5) is 0 Å². The molecule has 0 radical (unpaired) electrons. The highest BCUT2D eigenvalue weighted by atomic mass is 32.2. The Morgan fingerprint density at radius 1 is 1.46 bits per heavy atom. The standard InChI is InChI=1S/C8H14O4S/c1-8(2,7(10)11)5-13-4-6(9)12-3/h4-5H2,1-3H3,(H,10,11). The van der Waals surface area contributed by atoms with Crippen molar-refractivity contribution in [3.8, 4) is 0 Å². The van der Waals surface area contributed by atoms with Crippen LogP contribution in [-0.2, 0) is 14.3 Å². The van der Waals surface area contributed by atoms with Gasteiger partial charge in [0.2, 0.25) is 0 Å². The van der Waals surface area contributed by atoms with Crippen molar-refractivity contribution in [1.29, 1.82) is 0 Å². The minimum Gasteiger partial charge on any atom is -0.481 e. The molecule has 5 heteroatoms. The maximum atomic E-state index is 10.7. The van der Waals surface area contributed by atoms with Crippen LogP contribution >= 0.6 is 11.8 Å². The Kier molecular flexibility index (Phi) is 4.83. The van der Waals surface area contributed by atoms with Crippen LogP contribution in [0.2, 0.25) is 0 Å². The monoisotopic (exact) mass is 206 g/mol. The third kappa shape index (κ3) is 4.77. The first-order chi connectivity index (χ1) is 5.90. The molecule has 4 nitrogen and oxygen atoms in total. The van der Waals surface area contributed by atoms with Gasteiger partial charge in [-0.3, -0.25) is 9.59 Å². The molecule has 0 amide bonds. The molecule has 0 heterocycles. The Labute approximate surface area is 81.6 Å². The quantitative estimate of drug-likeness (QED) is 0.680. The van der Waals surface area contributed by atoms with E-state index >= 15 is 0 Å². The van der Waals surface area contributed by atoms with Gasteiger partial charge in [-0.1, -0.05) is 0 Å². The van der Waals surface area contributed by atoms with Gasteiger partial charge in [-0.05, 0) is 13.8 Å². The lowest BCUT2D eigenvalue weighted by Crippen LogP contribution is -2.26. The van der Waals surface area contributed by atoms with E-state index in [2.05, 4.69) is 4.74 Å². The number of esters is 1. The SMILES string of the molecule is COC(=O)CSCC(C)(C)C(=O)O. The lowest BCUT2D eigenvalue weighted by atomic mass is 9.97. The number of ether oxygens (including phenoxy) is 1. The summed E-state index contributed by atoms with van der Waals surface area (Å²) in [5.74, 6) is -0.582. The van der Waals surface area contributed by atoms with E-state index in [-0.39, 0.29) is 11.7 Å². The summed E-state index contributed by atoms with van der Waals surface area (Å²) >= 11 is 1.27. The third-order valence-corrected chi connectivity index (χ3v) is 2.86. The summed E-state index contributed by atoms with van der Waals surface area (Å²) in [7, 11) is 1.31. The Balaban J connectivity index is 3.76. The van der Waals surface area contributed by atoms with Crippen LogP contribution in [0.1, 0.15) is 13.8 Å². The van der Waals surface area contributed by atoms with E-state index in [0.717, 1.165) is 0 Å². The summed E-state index contributed by atoms with van der Waals surface area (Å²) in [5.41, 5.74) is -0.793. The van der Waals surface area contributed by atoms with Gasteiger partial charge >= 0.3 is 11.9 Å². The summed E-state index contributed by atoms with van der Waals surface area (Å²) in [6.45, 7) is 3.25. The zero-order valence-corrected chi connectivity index (χ0v) is 8.81. The highest BCUT2D eigenvalue weighted by Crippen LogP contribution is 2.21. The van der Waals surface area contributed by atoms with E-state index in [1.165, 1.54) is 18.9 Å². The van der Waals surface area contributed by atoms with Crippen LogP contribution < -0.4 is 0 Å². The Hall–Kier alpha value is -0.710. The molecule has 0 spiro atoms. The van der Waals surface area contributed by atoms with Gasteiger partial charge in [0.05, 0.1) is 18.3 Å². The fraction of sp³-hybridized carbons (Fsp3) is 0.750. The molecule has 0 atom stereocenters. The number of hydrogen-bond donors (Lipinski definition) is 1. The number of hydrogen-bond acceptors (Lipinski definition) is 4. The van der Waals surface area contributed by atoms with Gasteiger partial charge in [-0.25, -0.2) is 0 Å². The first-order valence-electron chi connectivity index (χ1n) is 3.78. The average molecular weight is 206 g/mol. The van der Waals surface area contributed by atoms with Gasteiger partial charge in [0.25, 0.3) is 0 Å². The van der Waals surface area contributed by atoms with Crippen LogP contribution in [0, 0.1) is 5.41 Å². The normalized spacial score (nSPS) is 11.0. The van der Waals surface area contributed by atoms with E-state index in [1.54, 1.807) is 13.8 Å². The number of carboxylic acids is 1. The third-order valence-electron chi connectivity index (χ3n) is 1.49. The Bertz CT molecular complexity index is 200. The van der Waals surface area contributed by atoms with Gasteiger partial charge in [0.1, 0.15) is 0 Å². The van der Waals surface area contributed by atoms with E-state index in [1.807, 2.05) is 0 Å². The van der Waals surface area contributed by atoms with Gasteiger partial charge in [0.15, 0.2) is 0 Å². The molecule has 0 bridgehead atoms. The van der Waals surface area contributed by atoms with E-state index in [9.17, 15) is 9.59 Å². The lowest BCUT2D eigenvalue weighted by molar-refractivity contribution is -0.145. The topological polar surface area (TPSA) is 63.6 Å². The van der Waals surface area contributed by atoms with Gasteiger partial charge in [-0.2, -0.15) is 0 Å². The average Bonchev–Trinajstić information content (AvgIpc) is 2.03. The summed E-state index contributed by atoms with van der Waals surface area (Å²) in [6.07, 6.45) is 0. The summed E-state index contributed by atoms with van der Waals surface area (Å²) in [6, 6.07) is 0. The fourth-order valence-electron chi connectivity index (χ4n) is 0.510. The summed E-state index contributed by atoms with van der Waals surface area (Å²) < 4.78 is 4.42. The molecule has 76 valence electrons. The molecule has 0 saturated heterocycles. The molecule has 0 aliphatic rings. The molecule has 0 aromatic rings. The van der Waals surface area contributed by atoms with Crippen LogP contribution in [0.5, 0.6) is 0 Å². The second kappa shape index (κ2) is 5.11. The number of rotatable bonds is 5. The number of aliphatic carboxylic acids is 1. The zero-order chi connectivity index (χ0) is 10.5. The molecular weight excluding hydrogens is 192 g/mol. The van der Waals surface area contributed by atoms with Crippen LogP contribution in [-0.4, -0.2) is 35.7 Å². The minimum absolute atomic E-state index is 0.202. The molecule has 0 unspecified atom stereocenters. The molecule has 0 aromatic heterocycles. The van der Waals surface area contributed by atoms with Crippen molar-refractivity contribution in [2.24, 2.45) is 5.41 Å².